The standard InChI is InChI=1S/C24H19F3N2O3S/c25-24(26,27)16-9-11-17(12-10-16)28-22(30)15-32-23(31)13-14-29-18-5-1-3-7-20(18)33-21-8-4-2-6-19(21)29/h1-12H,13-15H2,(H,28,30). The van der Waals surface area contributed by atoms with Gasteiger partial charge in [-0.05, 0) is 48.5 Å². The normalized spacial score (nSPS) is 12.5. The van der Waals surface area contributed by atoms with Crippen molar-refractivity contribution < 1.29 is 27.5 Å². The van der Waals surface area contributed by atoms with Crippen molar-refractivity contribution in [2.24, 2.45) is 0 Å². The van der Waals surface area contributed by atoms with Crippen LogP contribution < -0.4 is 10.2 Å². The minimum Gasteiger partial charge on any atom is -0.456 e. The maximum absolute atomic E-state index is 12.6. The van der Waals surface area contributed by atoms with Crippen LogP contribution in [0, 0.1) is 0 Å². The van der Waals surface area contributed by atoms with Gasteiger partial charge < -0.3 is 15.0 Å². The van der Waals surface area contributed by atoms with E-state index >= 15 is 0 Å². The molecule has 0 saturated carbocycles. The van der Waals surface area contributed by atoms with Gasteiger partial charge in [0.25, 0.3) is 5.91 Å². The Balaban J connectivity index is 1.31. The molecule has 4 rings (SSSR count). The zero-order chi connectivity index (χ0) is 23.4. The Kier molecular flexibility index (Phi) is 6.60. The summed E-state index contributed by atoms with van der Waals surface area (Å²) in [4.78, 5) is 28.5. The second-order valence-corrected chi connectivity index (χ2v) is 8.31. The van der Waals surface area contributed by atoms with Gasteiger partial charge in [0.15, 0.2) is 6.61 Å². The van der Waals surface area contributed by atoms with E-state index in [2.05, 4.69) is 5.32 Å². The number of carbonyl (C=O) groups is 2. The average Bonchev–Trinajstić information content (AvgIpc) is 2.80. The molecule has 1 amide bonds. The van der Waals surface area contributed by atoms with Gasteiger partial charge in [0.1, 0.15) is 0 Å². The molecule has 170 valence electrons. The van der Waals surface area contributed by atoms with Crippen LogP contribution in [0.25, 0.3) is 0 Å². The molecule has 0 saturated heterocycles. The van der Waals surface area contributed by atoms with Crippen LogP contribution in [0.3, 0.4) is 0 Å². The predicted molar refractivity (Wildman–Crippen MR) is 120 cm³/mol. The van der Waals surface area contributed by atoms with Crippen LogP contribution in [-0.2, 0) is 20.5 Å². The Morgan fingerprint density at radius 2 is 1.45 bits per heavy atom. The first-order chi connectivity index (χ1) is 15.8. The first kappa shape index (κ1) is 22.7. The summed E-state index contributed by atoms with van der Waals surface area (Å²) in [6.45, 7) is -0.156. The SMILES string of the molecule is O=C(COC(=O)CCN1c2ccccc2Sc2ccccc21)Nc1ccc(C(F)(F)F)cc1. The number of benzene rings is 3. The number of alkyl halides is 3. The molecule has 3 aromatic rings. The lowest BCUT2D eigenvalue weighted by Crippen LogP contribution is -2.26. The lowest BCUT2D eigenvalue weighted by molar-refractivity contribution is -0.147. The molecule has 0 unspecified atom stereocenters. The van der Waals surface area contributed by atoms with Crippen LogP contribution in [-0.4, -0.2) is 25.0 Å². The minimum atomic E-state index is -4.45. The van der Waals surface area contributed by atoms with E-state index < -0.39 is 30.2 Å². The second-order valence-electron chi connectivity index (χ2n) is 7.22. The second kappa shape index (κ2) is 9.58. The molecule has 0 spiro atoms. The molecule has 0 aliphatic carbocycles. The van der Waals surface area contributed by atoms with E-state index in [0.717, 1.165) is 45.4 Å². The van der Waals surface area contributed by atoms with Crippen molar-refractivity contribution in [1.29, 1.82) is 0 Å². The largest absolute Gasteiger partial charge is 0.456 e. The maximum Gasteiger partial charge on any atom is 0.416 e. The Morgan fingerprint density at radius 1 is 0.879 bits per heavy atom. The van der Waals surface area contributed by atoms with Gasteiger partial charge in [-0.1, -0.05) is 36.0 Å². The molecule has 9 heteroatoms. The number of nitrogens with one attached hydrogen (secondary N) is 1. The predicted octanol–water partition coefficient (Wildman–Crippen LogP) is 5.88. The Morgan fingerprint density at radius 3 is 2.03 bits per heavy atom. The fraction of sp³-hybridized carbons (Fsp3) is 0.167. The van der Waals surface area contributed by atoms with Crippen LogP contribution in [0.2, 0.25) is 0 Å². The molecular weight excluding hydrogens is 453 g/mol. The summed E-state index contributed by atoms with van der Waals surface area (Å²) < 4.78 is 42.9. The van der Waals surface area contributed by atoms with Crippen molar-refractivity contribution in [3.05, 3.63) is 78.4 Å². The number of hydrogen-bond acceptors (Lipinski definition) is 5. The van der Waals surface area contributed by atoms with Crippen molar-refractivity contribution in [1.82, 2.24) is 0 Å². The van der Waals surface area contributed by atoms with E-state index in [1.807, 2.05) is 53.4 Å². The van der Waals surface area contributed by atoms with Crippen LogP contribution in [0.1, 0.15) is 12.0 Å². The number of amides is 1. The molecule has 1 heterocycles. The molecule has 0 radical (unpaired) electrons. The smallest absolute Gasteiger partial charge is 0.416 e. The summed E-state index contributed by atoms with van der Waals surface area (Å²) in [6, 6.07) is 19.8. The molecule has 3 aromatic carbocycles. The zero-order valence-electron chi connectivity index (χ0n) is 17.3. The Bertz CT molecular complexity index is 1120. The summed E-state index contributed by atoms with van der Waals surface area (Å²) in [7, 11) is 0. The van der Waals surface area contributed by atoms with Crippen LogP contribution in [0.5, 0.6) is 0 Å². The van der Waals surface area contributed by atoms with Gasteiger partial charge in [-0.25, -0.2) is 0 Å². The van der Waals surface area contributed by atoms with Gasteiger partial charge >= 0.3 is 12.1 Å². The highest BCUT2D eigenvalue weighted by Crippen LogP contribution is 2.47. The van der Waals surface area contributed by atoms with E-state index in [1.165, 1.54) is 0 Å². The van der Waals surface area contributed by atoms with Gasteiger partial charge in [-0.3, -0.25) is 9.59 Å². The molecule has 0 fully saturated rings. The van der Waals surface area contributed by atoms with Crippen molar-refractivity contribution in [2.75, 3.05) is 23.4 Å². The third-order valence-electron chi connectivity index (χ3n) is 4.93. The number of rotatable bonds is 6. The number of nitrogens with zero attached hydrogens (tertiary/aromatic N) is 1. The van der Waals surface area contributed by atoms with Crippen molar-refractivity contribution in [2.45, 2.75) is 22.4 Å². The van der Waals surface area contributed by atoms with Gasteiger partial charge in [0, 0.05) is 22.0 Å². The molecule has 0 aromatic heterocycles. The summed E-state index contributed by atoms with van der Waals surface area (Å²) in [5, 5.41) is 2.41. The Hall–Kier alpha value is -3.46. The number of halogens is 3. The third-order valence-corrected chi connectivity index (χ3v) is 6.06. The molecule has 1 N–H and O–H groups in total. The van der Waals surface area contributed by atoms with Crippen molar-refractivity contribution in [3.63, 3.8) is 0 Å². The summed E-state index contributed by atoms with van der Waals surface area (Å²) in [5.41, 5.74) is 1.36. The van der Waals surface area contributed by atoms with E-state index in [9.17, 15) is 22.8 Å². The first-order valence-corrected chi connectivity index (χ1v) is 10.9. The van der Waals surface area contributed by atoms with Gasteiger partial charge in [-0.2, -0.15) is 13.2 Å². The zero-order valence-corrected chi connectivity index (χ0v) is 18.1. The molecular formula is C24H19F3N2O3S. The lowest BCUT2D eigenvalue weighted by Gasteiger charge is -2.32. The van der Waals surface area contributed by atoms with E-state index in [4.69, 9.17) is 4.74 Å². The number of ether oxygens (including phenoxy) is 1. The van der Waals surface area contributed by atoms with Crippen LogP contribution in [0.4, 0.5) is 30.2 Å². The number of fused-ring (bicyclic) bond motifs is 2. The molecule has 0 bridgehead atoms. The van der Waals surface area contributed by atoms with Gasteiger partial charge in [0.05, 0.1) is 23.4 Å². The average molecular weight is 472 g/mol. The monoisotopic (exact) mass is 472 g/mol. The third kappa shape index (κ3) is 5.48. The summed E-state index contributed by atoms with van der Waals surface area (Å²) in [5.74, 6) is -1.18. The van der Waals surface area contributed by atoms with Crippen molar-refractivity contribution in [3.8, 4) is 0 Å². The quantitative estimate of drug-likeness (QED) is 0.454. The first-order valence-electron chi connectivity index (χ1n) is 10.1. The fourth-order valence-electron chi connectivity index (χ4n) is 3.38. The molecule has 0 atom stereocenters. The number of carbonyl (C=O) groups excluding carboxylic acids is 2. The summed E-state index contributed by atoms with van der Waals surface area (Å²) >= 11 is 1.66. The van der Waals surface area contributed by atoms with Gasteiger partial charge in [0.2, 0.25) is 0 Å². The molecule has 1 aliphatic heterocycles. The van der Waals surface area contributed by atoms with Gasteiger partial charge in [-0.15, -0.1) is 0 Å². The number of hydrogen-bond donors (Lipinski definition) is 1. The molecule has 33 heavy (non-hydrogen) atoms. The highest BCUT2D eigenvalue weighted by Gasteiger charge is 2.30. The van der Waals surface area contributed by atoms with Crippen LogP contribution in [0.15, 0.2) is 82.6 Å². The van der Waals surface area contributed by atoms with E-state index in [-0.39, 0.29) is 12.1 Å². The lowest BCUT2D eigenvalue weighted by atomic mass is 10.2. The minimum absolute atomic E-state index is 0.0564. The van der Waals surface area contributed by atoms with E-state index in [1.54, 1.807) is 11.8 Å². The topological polar surface area (TPSA) is 58.6 Å². The molecule has 5 nitrogen and oxygen atoms in total. The van der Waals surface area contributed by atoms with Crippen molar-refractivity contribution >= 4 is 40.7 Å². The highest BCUT2D eigenvalue weighted by atomic mass is 32.2. The number of anilines is 3. The van der Waals surface area contributed by atoms with Crippen LogP contribution >= 0.6 is 11.8 Å². The van der Waals surface area contributed by atoms with E-state index in [0.29, 0.717) is 6.54 Å². The Labute approximate surface area is 192 Å². The number of esters is 1. The summed E-state index contributed by atoms with van der Waals surface area (Å²) in [6.07, 6.45) is -4.40. The molecule has 1 aliphatic rings. The number of para-hydroxylation sites is 2. The highest BCUT2D eigenvalue weighted by molar-refractivity contribution is 7.99. The fourth-order valence-corrected chi connectivity index (χ4v) is 4.48. The maximum atomic E-state index is 12.6.